The van der Waals surface area contributed by atoms with Crippen LogP contribution in [0.1, 0.15) is 65.8 Å². The van der Waals surface area contributed by atoms with Crippen LogP contribution in [0.15, 0.2) is 48.8 Å². The number of amides is 2. The first-order valence-corrected chi connectivity index (χ1v) is 11.3. The van der Waals surface area contributed by atoms with Crippen molar-refractivity contribution in [2.45, 2.75) is 51.1 Å². The van der Waals surface area contributed by atoms with E-state index in [4.69, 9.17) is 4.74 Å². The Balaban J connectivity index is 1.72. The number of nitrogens with one attached hydrogen (secondary N) is 2. The third-order valence-electron chi connectivity index (χ3n) is 6.12. The molecule has 1 atom stereocenters. The predicted octanol–water partition coefficient (Wildman–Crippen LogP) is 4.56. The van der Waals surface area contributed by atoms with E-state index < -0.39 is 0 Å². The summed E-state index contributed by atoms with van der Waals surface area (Å²) in [5, 5.41) is 6.00. The SMILES string of the molecule is CCC(COC)NC(=O)c1cc(NC(=O)c2ccccc2)cc2ncn(C3CCCC3)c12. The second-order valence-corrected chi connectivity index (χ2v) is 8.34. The van der Waals surface area contributed by atoms with Gasteiger partial charge in [0, 0.05) is 24.4 Å². The molecule has 0 aliphatic heterocycles. The second-order valence-electron chi connectivity index (χ2n) is 8.34. The highest BCUT2D eigenvalue weighted by atomic mass is 16.5. The Morgan fingerprint density at radius 2 is 1.91 bits per heavy atom. The van der Waals surface area contributed by atoms with Gasteiger partial charge in [0.1, 0.15) is 0 Å². The molecule has 0 bridgehead atoms. The number of benzene rings is 2. The van der Waals surface area contributed by atoms with Gasteiger partial charge in [0.05, 0.1) is 35.6 Å². The summed E-state index contributed by atoms with van der Waals surface area (Å²) in [4.78, 5) is 30.6. The fourth-order valence-corrected chi connectivity index (χ4v) is 4.39. The van der Waals surface area contributed by atoms with E-state index in [1.165, 1.54) is 12.8 Å². The van der Waals surface area contributed by atoms with Crippen molar-refractivity contribution in [2.75, 3.05) is 19.0 Å². The highest BCUT2D eigenvalue weighted by Crippen LogP contribution is 2.34. The predicted molar refractivity (Wildman–Crippen MR) is 125 cm³/mol. The van der Waals surface area contributed by atoms with E-state index in [-0.39, 0.29) is 17.9 Å². The molecule has 168 valence electrons. The first-order chi connectivity index (χ1) is 15.6. The summed E-state index contributed by atoms with van der Waals surface area (Å²) < 4.78 is 7.38. The van der Waals surface area contributed by atoms with Gasteiger partial charge in [-0.25, -0.2) is 4.98 Å². The Morgan fingerprint density at radius 1 is 1.16 bits per heavy atom. The number of aromatic nitrogens is 2. The molecule has 7 heteroatoms. The van der Waals surface area contributed by atoms with E-state index in [1.807, 2.05) is 37.5 Å². The maximum absolute atomic E-state index is 13.4. The number of rotatable bonds is 8. The van der Waals surface area contributed by atoms with Gasteiger partial charge < -0.3 is 19.9 Å². The van der Waals surface area contributed by atoms with Crippen molar-refractivity contribution in [1.82, 2.24) is 14.9 Å². The highest BCUT2D eigenvalue weighted by Gasteiger charge is 2.24. The molecule has 2 aromatic carbocycles. The van der Waals surface area contributed by atoms with Gasteiger partial charge in [-0.1, -0.05) is 38.0 Å². The van der Waals surface area contributed by atoms with Crippen LogP contribution in [0.3, 0.4) is 0 Å². The van der Waals surface area contributed by atoms with E-state index in [0.29, 0.717) is 35.0 Å². The Morgan fingerprint density at radius 3 is 2.59 bits per heavy atom. The fraction of sp³-hybridized carbons (Fsp3) is 0.400. The Hall–Kier alpha value is -3.19. The molecule has 3 aromatic rings. The van der Waals surface area contributed by atoms with Gasteiger partial charge in [0.25, 0.3) is 11.8 Å². The van der Waals surface area contributed by atoms with Gasteiger partial charge in [-0.3, -0.25) is 9.59 Å². The molecule has 7 nitrogen and oxygen atoms in total. The molecule has 1 heterocycles. The number of carbonyl (C=O) groups excluding carboxylic acids is 2. The lowest BCUT2D eigenvalue weighted by Crippen LogP contribution is -2.37. The third-order valence-corrected chi connectivity index (χ3v) is 6.12. The summed E-state index contributed by atoms with van der Waals surface area (Å²) in [5.41, 5.74) is 3.14. The zero-order chi connectivity index (χ0) is 22.5. The molecule has 0 saturated heterocycles. The van der Waals surface area contributed by atoms with Gasteiger partial charge >= 0.3 is 0 Å². The van der Waals surface area contributed by atoms with E-state index in [0.717, 1.165) is 24.8 Å². The maximum atomic E-state index is 13.4. The van der Waals surface area contributed by atoms with Crippen molar-refractivity contribution in [2.24, 2.45) is 0 Å². The number of ether oxygens (including phenoxy) is 1. The zero-order valence-electron chi connectivity index (χ0n) is 18.6. The zero-order valence-corrected chi connectivity index (χ0v) is 18.6. The molecule has 4 rings (SSSR count). The minimum absolute atomic E-state index is 0.0898. The maximum Gasteiger partial charge on any atom is 0.255 e. The third kappa shape index (κ3) is 4.67. The first kappa shape index (κ1) is 22.0. The molecular formula is C25H30N4O3. The van der Waals surface area contributed by atoms with Crippen LogP contribution in [-0.2, 0) is 4.74 Å². The molecule has 1 aliphatic carbocycles. The summed E-state index contributed by atoms with van der Waals surface area (Å²) in [6, 6.07) is 12.9. The average molecular weight is 435 g/mol. The van der Waals surface area contributed by atoms with Crippen LogP contribution in [0.2, 0.25) is 0 Å². The van der Waals surface area contributed by atoms with Crippen molar-refractivity contribution in [3.05, 3.63) is 59.9 Å². The minimum atomic E-state index is -0.225. The Labute approximate surface area is 188 Å². The van der Waals surface area contributed by atoms with Crippen LogP contribution < -0.4 is 10.6 Å². The standard InChI is InChI=1S/C25H30N4O3/c1-3-18(15-32-2)27-25(31)21-13-19(28-24(30)17-9-5-4-6-10-17)14-22-23(21)29(16-26-22)20-11-7-8-12-20/h4-6,9-10,13-14,16,18,20H,3,7-8,11-12,15H2,1-2H3,(H,27,31)(H,28,30). The van der Waals surface area contributed by atoms with Gasteiger partial charge in [-0.15, -0.1) is 0 Å². The molecule has 0 radical (unpaired) electrons. The number of fused-ring (bicyclic) bond motifs is 1. The molecule has 1 aliphatic rings. The lowest BCUT2D eigenvalue weighted by molar-refractivity contribution is 0.0895. The summed E-state index contributed by atoms with van der Waals surface area (Å²) in [5.74, 6) is -0.410. The van der Waals surface area contributed by atoms with Gasteiger partial charge in [0.15, 0.2) is 0 Å². The molecule has 1 saturated carbocycles. The second kappa shape index (κ2) is 9.96. The van der Waals surface area contributed by atoms with Gasteiger partial charge in [-0.05, 0) is 43.5 Å². The first-order valence-electron chi connectivity index (χ1n) is 11.3. The number of anilines is 1. The van der Waals surface area contributed by atoms with Crippen LogP contribution in [0.4, 0.5) is 5.69 Å². The van der Waals surface area contributed by atoms with Crippen LogP contribution in [-0.4, -0.2) is 41.1 Å². The quantitative estimate of drug-likeness (QED) is 0.544. The molecule has 1 unspecified atom stereocenters. The van der Waals surface area contributed by atoms with Crippen molar-refractivity contribution in [1.29, 1.82) is 0 Å². The van der Waals surface area contributed by atoms with Crippen molar-refractivity contribution in [3.8, 4) is 0 Å². The highest BCUT2D eigenvalue weighted by molar-refractivity contribution is 6.09. The van der Waals surface area contributed by atoms with E-state index in [9.17, 15) is 9.59 Å². The summed E-state index contributed by atoms with van der Waals surface area (Å²) in [6.07, 6.45) is 7.12. The largest absolute Gasteiger partial charge is 0.383 e. The summed E-state index contributed by atoms with van der Waals surface area (Å²) in [7, 11) is 1.63. The van der Waals surface area contributed by atoms with Crippen molar-refractivity contribution >= 4 is 28.5 Å². The van der Waals surface area contributed by atoms with Crippen LogP contribution in [0.25, 0.3) is 11.0 Å². The number of imidazole rings is 1. The Bertz CT molecular complexity index is 1090. The van der Waals surface area contributed by atoms with Gasteiger partial charge in [0.2, 0.25) is 0 Å². The van der Waals surface area contributed by atoms with E-state index in [2.05, 4.69) is 20.2 Å². The molecular weight excluding hydrogens is 404 g/mol. The number of methoxy groups -OCH3 is 1. The normalized spacial score (nSPS) is 15.1. The molecule has 2 amide bonds. The molecule has 2 N–H and O–H groups in total. The summed E-state index contributed by atoms with van der Waals surface area (Å²) >= 11 is 0. The number of hydrogen-bond acceptors (Lipinski definition) is 4. The number of hydrogen-bond donors (Lipinski definition) is 2. The molecule has 32 heavy (non-hydrogen) atoms. The average Bonchev–Trinajstić information content (AvgIpc) is 3.48. The molecule has 1 fully saturated rings. The lowest BCUT2D eigenvalue weighted by atomic mass is 10.1. The van der Waals surface area contributed by atoms with Crippen LogP contribution in [0, 0.1) is 0 Å². The summed E-state index contributed by atoms with van der Waals surface area (Å²) in [6.45, 7) is 2.45. The van der Waals surface area contributed by atoms with Gasteiger partial charge in [-0.2, -0.15) is 0 Å². The minimum Gasteiger partial charge on any atom is -0.383 e. The smallest absolute Gasteiger partial charge is 0.255 e. The molecule has 0 spiro atoms. The van der Waals surface area contributed by atoms with E-state index >= 15 is 0 Å². The Kier molecular flexibility index (Phi) is 6.85. The molecule has 1 aromatic heterocycles. The van der Waals surface area contributed by atoms with Crippen molar-refractivity contribution < 1.29 is 14.3 Å². The topological polar surface area (TPSA) is 85.2 Å². The van der Waals surface area contributed by atoms with Crippen LogP contribution >= 0.6 is 0 Å². The fourth-order valence-electron chi connectivity index (χ4n) is 4.39. The lowest BCUT2D eigenvalue weighted by Gasteiger charge is -2.19. The van der Waals surface area contributed by atoms with Crippen molar-refractivity contribution in [3.63, 3.8) is 0 Å². The number of nitrogens with zero attached hydrogens (tertiary/aromatic N) is 2. The van der Waals surface area contributed by atoms with Crippen LogP contribution in [0.5, 0.6) is 0 Å². The van der Waals surface area contributed by atoms with E-state index in [1.54, 1.807) is 25.3 Å². The monoisotopic (exact) mass is 434 g/mol. The number of carbonyl (C=O) groups is 2.